The standard InChI is InChI=1S/C20H21FN2O3/c21-17-6-2-1-5-15(17)11-19(24)23-13-20(14-23)12-16(8-10-25-20)26-18-7-3-4-9-22-18/h1-7,9,16H,8,10-14H2/t16-/m0/s1. The zero-order chi connectivity index (χ0) is 18.0. The molecule has 26 heavy (non-hydrogen) atoms. The van der Waals surface area contributed by atoms with Gasteiger partial charge in [-0.2, -0.15) is 0 Å². The quantitative estimate of drug-likeness (QED) is 0.845. The van der Waals surface area contributed by atoms with Gasteiger partial charge in [-0.05, 0) is 17.7 Å². The van der Waals surface area contributed by atoms with Gasteiger partial charge in [0.05, 0.1) is 26.1 Å². The summed E-state index contributed by atoms with van der Waals surface area (Å²) in [6.45, 7) is 1.66. The van der Waals surface area contributed by atoms with E-state index in [1.165, 1.54) is 6.07 Å². The van der Waals surface area contributed by atoms with Crippen molar-refractivity contribution in [1.82, 2.24) is 9.88 Å². The second-order valence-corrected chi connectivity index (χ2v) is 6.95. The second-order valence-electron chi connectivity index (χ2n) is 6.95. The van der Waals surface area contributed by atoms with Gasteiger partial charge < -0.3 is 14.4 Å². The number of nitrogens with zero attached hydrogens (tertiary/aromatic N) is 2. The number of ether oxygens (including phenoxy) is 2. The number of carbonyl (C=O) groups excluding carboxylic acids is 1. The zero-order valence-corrected chi connectivity index (χ0v) is 14.4. The minimum Gasteiger partial charge on any atom is -0.474 e. The van der Waals surface area contributed by atoms with E-state index in [0.717, 1.165) is 12.8 Å². The summed E-state index contributed by atoms with van der Waals surface area (Å²) in [4.78, 5) is 18.3. The first-order chi connectivity index (χ1) is 12.6. The summed E-state index contributed by atoms with van der Waals surface area (Å²) in [6.07, 6.45) is 3.35. The van der Waals surface area contributed by atoms with Gasteiger partial charge in [-0.1, -0.05) is 24.3 Å². The highest BCUT2D eigenvalue weighted by atomic mass is 19.1. The Bertz CT molecular complexity index is 778. The van der Waals surface area contributed by atoms with Crippen LogP contribution in [0.3, 0.4) is 0 Å². The van der Waals surface area contributed by atoms with Gasteiger partial charge in [0.15, 0.2) is 0 Å². The topological polar surface area (TPSA) is 51.7 Å². The number of benzene rings is 1. The Kier molecular flexibility index (Phi) is 4.59. The Morgan fingerprint density at radius 3 is 2.85 bits per heavy atom. The highest BCUT2D eigenvalue weighted by Gasteiger charge is 2.49. The van der Waals surface area contributed by atoms with E-state index in [1.807, 2.05) is 18.2 Å². The minimum absolute atomic E-state index is 0.0301. The fourth-order valence-electron chi connectivity index (χ4n) is 3.63. The molecule has 2 aromatic rings. The molecule has 0 bridgehead atoms. The van der Waals surface area contributed by atoms with Gasteiger partial charge in [0.1, 0.15) is 17.5 Å². The van der Waals surface area contributed by atoms with Crippen molar-refractivity contribution in [2.45, 2.75) is 31.0 Å². The fraction of sp³-hybridized carbons (Fsp3) is 0.400. The fourth-order valence-corrected chi connectivity index (χ4v) is 3.63. The summed E-state index contributed by atoms with van der Waals surface area (Å²) >= 11 is 0. The van der Waals surface area contributed by atoms with E-state index in [4.69, 9.17) is 9.47 Å². The molecule has 4 rings (SSSR count). The lowest BCUT2D eigenvalue weighted by Gasteiger charge is -2.52. The monoisotopic (exact) mass is 356 g/mol. The van der Waals surface area contributed by atoms with Crippen molar-refractivity contribution in [3.05, 3.63) is 60.0 Å². The van der Waals surface area contributed by atoms with Crippen LogP contribution in [-0.2, 0) is 16.0 Å². The van der Waals surface area contributed by atoms with Crippen molar-refractivity contribution >= 4 is 5.91 Å². The van der Waals surface area contributed by atoms with E-state index in [0.29, 0.717) is 31.1 Å². The molecule has 0 unspecified atom stereocenters. The van der Waals surface area contributed by atoms with E-state index < -0.39 is 0 Å². The predicted octanol–water partition coefficient (Wildman–Crippen LogP) is 2.60. The van der Waals surface area contributed by atoms with Crippen LogP contribution in [0.1, 0.15) is 18.4 Å². The Labute approximate surface area is 151 Å². The van der Waals surface area contributed by atoms with Gasteiger partial charge in [-0.15, -0.1) is 0 Å². The van der Waals surface area contributed by atoms with Crippen LogP contribution >= 0.6 is 0 Å². The van der Waals surface area contributed by atoms with E-state index in [2.05, 4.69) is 4.98 Å². The average molecular weight is 356 g/mol. The molecule has 2 aliphatic rings. The maximum atomic E-state index is 13.7. The summed E-state index contributed by atoms with van der Waals surface area (Å²) in [6, 6.07) is 12.0. The number of amides is 1. The molecular weight excluding hydrogens is 335 g/mol. The highest BCUT2D eigenvalue weighted by molar-refractivity contribution is 5.80. The number of rotatable bonds is 4. The van der Waals surface area contributed by atoms with Crippen LogP contribution in [-0.4, -0.2) is 47.2 Å². The molecule has 0 radical (unpaired) electrons. The number of likely N-dealkylation sites (tertiary alicyclic amines) is 1. The summed E-state index contributed by atoms with van der Waals surface area (Å²) in [5.41, 5.74) is 0.0853. The van der Waals surface area contributed by atoms with Crippen molar-refractivity contribution in [2.24, 2.45) is 0 Å². The van der Waals surface area contributed by atoms with Gasteiger partial charge in [0.2, 0.25) is 11.8 Å². The number of carbonyl (C=O) groups is 1. The van der Waals surface area contributed by atoms with Gasteiger partial charge in [0.25, 0.3) is 0 Å². The first kappa shape index (κ1) is 17.0. The van der Waals surface area contributed by atoms with Crippen LogP contribution in [0.15, 0.2) is 48.7 Å². The van der Waals surface area contributed by atoms with Crippen LogP contribution < -0.4 is 4.74 Å². The molecule has 1 aromatic carbocycles. The number of halogens is 1. The Morgan fingerprint density at radius 1 is 1.27 bits per heavy atom. The highest BCUT2D eigenvalue weighted by Crippen LogP contribution is 2.35. The van der Waals surface area contributed by atoms with Crippen molar-refractivity contribution in [3.63, 3.8) is 0 Å². The van der Waals surface area contributed by atoms with Crippen molar-refractivity contribution in [2.75, 3.05) is 19.7 Å². The molecule has 0 saturated carbocycles. The summed E-state index contributed by atoms with van der Waals surface area (Å²) in [5, 5.41) is 0. The first-order valence-corrected chi connectivity index (χ1v) is 8.86. The minimum atomic E-state index is -0.345. The summed E-state index contributed by atoms with van der Waals surface area (Å²) in [7, 11) is 0. The van der Waals surface area contributed by atoms with Crippen LogP contribution in [0.5, 0.6) is 5.88 Å². The third-order valence-corrected chi connectivity index (χ3v) is 4.98. The molecular formula is C20H21FN2O3. The Hall–Kier alpha value is -2.47. The molecule has 1 spiro atoms. The summed E-state index contributed by atoms with van der Waals surface area (Å²) < 4.78 is 25.6. The molecule has 0 N–H and O–H groups in total. The maximum absolute atomic E-state index is 13.7. The number of pyridine rings is 1. The third kappa shape index (κ3) is 3.55. The average Bonchev–Trinajstić information content (AvgIpc) is 2.62. The lowest BCUT2D eigenvalue weighted by Crippen LogP contribution is -2.67. The summed E-state index contributed by atoms with van der Waals surface area (Å²) in [5.74, 6) is 0.201. The number of hydrogen-bond donors (Lipinski definition) is 0. The third-order valence-electron chi connectivity index (χ3n) is 4.98. The van der Waals surface area contributed by atoms with Gasteiger partial charge >= 0.3 is 0 Å². The molecule has 1 aromatic heterocycles. The Balaban J connectivity index is 1.32. The van der Waals surface area contributed by atoms with Crippen LogP contribution in [0.2, 0.25) is 0 Å². The molecule has 1 amide bonds. The van der Waals surface area contributed by atoms with Crippen molar-refractivity contribution in [3.8, 4) is 5.88 Å². The van der Waals surface area contributed by atoms with E-state index in [1.54, 1.807) is 29.3 Å². The maximum Gasteiger partial charge on any atom is 0.227 e. The first-order valence-electron chi connectivity index (χ1n) is 8.86. The molecule has 1 atom stereocenters. The van der Waals surface area contributed by atoms with E-state index in [9.17, 15) is 9.18 Å². The lowest BCUT2D eigenvalue weighted by atomic mass is 9.84. The number of hydrogen-bond acceptors (Lipinski definition) is 4. The lowest BCUT2D eigenvalue weighted by molar-refractivity contribution is -0.193. The van der Waals surface area contributed by atoms with Gasteiger partial charge in [-0.3, -0.25) is 4.79 Å². The molecule has 136 valence electrons. The number of aromatic nitrogens is 1. The second kappa shape index (κ2) is 7.03. The molecule has 2 aliphatic heterocycles. The van der Waals surface area contributed by atoms with Gasteiger partial charge in [0, 0.05) is 25.1 Å². The smallest absolute Gasteiger partial charge is 0.227 e. The van der Waals surface area contributed by atoms with Crippen molar-refractivity contribution < 1.29 is 18.7 Å². The predicted molar refractivity (Wildman–Crippen MR) is 93.3 cm³/mol. The van der Waals surface area contributed by atoms with Crippen LogP contribution in [0, 0.1) is 5.82 Å². The Morgan fingerprint density at radius 2 is 2.08 bits per heavy atom. The zero-order valence-electron chi connectivity index (χ0n) is 14.4. The largest absolute Gasteiger partial charge is 0.474 e. The van der Waals surface area contributed by atoms with Crippen LogP contribution in [0.4, 0.5) is 4.39 Å². The normalized spacial score (nSPS) is 21.3. The van der Waals surface area contributed by atoms with E-state index >= 15 is 0 Å². The van der Waals surface area contributed by atoms with E-state index in [-0.39, 0.29) is 29.9 Å². The van der Waals surface area contributed by atoms with Crippen molar-refractivity contribution in [1.29, 1.82) is 0 Å². The van der Waals surface area contributed by atoms with Gasteiger partial charge in [-0.25, -0.2) is 9.37 Å². The molecule has 3 heterocycles. The molecule has 0 aliphatic carbocycles. The SMILES string of the molecule is O=C(Cc1ccccc1F)N1CC2(C[C@@H](Oc3ccccn3)CCO2)C1. The van der Waals surface area contributed by atoms with Crippen LogP contribution in [0.25, 0.3) is 0 Å². The molecule has 5 nitrogen and oxygen atoms in total. The molecule has 2 saturated heterocycles. The molecule has 2 fully saturated rings. The molecule has 6 heteroatoms.